The quantitative estimate of drug-likeness (QED) is 0.482. The monoisotopic (exact) mass is 280 g/mol. The van der Waals surface area contributed by atoms with Crippen LogP contribution >= 0.6 is 0 Å². The number of amides is 1. The highest BCUT2D eigenvalue weighted by Gasteiger charge is 2.28. The zero-order chi connectivity index (χ0) is 15.0. The van der Waals surface area contributed by atoms with Crippen molar-refractivity contribution < 1.29 is 9.72 Å². The van der Waals surface area contributed by atoms with E-state index < -0.39 is 4.92 Å². The van der Waals surface area contributed by atoms with E-state index in [4.69, 9.17) is 0 Å². The molecule has 1 aliphatic rings. The highest BCUT2D eigenvalue weighted by Crippen LogP contribution is 2.36. The highest BCUT2D eigenvalue weighted by molar-refractivity contribution is 6.35. The molecule has 2 aromatic carbocycles. The van der Waals surface area contributed by atoms with E-state index in [-0.39, 0.29) is 11.6 Å². The molecular formula is C16H12N2O3. The largest absolute Gasteiger partial charge is 0.311 e. The van der Waals surface area contributed by atoms with Gasteiger partial charge < -0.3 is 4.90 Å². The summed E-state index contributed by atoms with van der Waals surface area (Å²) in [4.78, 5) is 24.1. The number of para-hydroxylation sites is 1. The van der Waals surface area contributed by atoms with Crippen molar-refractivity contribution in [3.05, 3.63) is 69.8 Å². The molecule has 0 spiro atoms. The van der Waals surface area contributed by atoms with Crippen LogP contribution in [0.4, 0.5) is 11.4 Å². The minimum absolute atomic E-state index is 0.0346. The van der Waals surface area contributed by atoms with Crippen LogP contribution in [0.2, 0.25) is 0 Å². The lowest BCUT2D eigenvalue weighted by Crippen LogP contribution is -2.20. The minimum atomic E-state index is -0.444. The number of anilines is 1. The Morgan fingerprint density at radius 3 is 2.43 bits per heavy atom. The van der Waals surface area contributed by atoms with E-state index in [2.05, 4.69) is 0 Å². The fourth-order valence-corrected chi connectivity index (χ4v) is 2.40. The van der Waals surface area contributed by atoms with Crippen molar-refractivity contribution >= 4 is 28.9 Å². The van der Waals surface area contributed by atoms with Gasteiger partial charge in [0.1, 0.15) is 0 Å². The van der Waals surface area contributed by atoms with E-state index in [1.165, 1.54) is 12.1 Å². The average molecular weight is 280 g/mol. The van der Waals surface area contributed by atoms with Crippen molar-refractivity contribution in [3.63, 3.8) is 0 Å². The topological polar surface area (TPSA) is 63.5 Å². The summed E-state index contributed by atoms with van der Waals surface area (Å²) in [5, 5.41) is 10.6. The number of non-ortho nitro benzene ring substituents is 1. The van der Waals surface area contributed by atoms with Crippen molar-refractivity contribution in [2.24, 2.45) is 0 Å². The number of nitrogens with zero attached hydrogens (tertiary/aromatic N) is 2. The number of nitro benzene ring substituents is 1. The zero-order valence-electron chi connectivity index (χ0n) is 11.3. The lowest BCUT2D eigenvalue weighted by atomic mass is 10.0. The van der Waals surface area contributed by atoms with Crippen LogP contribution in [0.5, 0.6) is 0 Å². The Bertz CT molecular complexity index is 763. The lowest BCUT2D eigenvalue weighted by Gasteiger charge is -2.07. The van der Waals surface area contributed by atoms with Crippen LogP contribution in [0, 0.1) is 10.1 Å². The van der Waals surface area contributed by atoms with Crippen LogP contribution in [0.15, 0.2) is 48.5 Å². The summed E-state index contributed by atoms with van der Waals surface area (Å²) in [6.45, 7) is 0. The molecule has 21 heavy (non-hydrogen) atoms. The third kappa shape index (κ3) is 2.18. The first-order valence-electron chi connectivity index (χ1n) is 6.41. The van der Waals surface area contributed by atoms with Gasteiger partial charge in [-0.25, -0.2) is 0 Å². The third-order valence-electron chi connectivity index (χ3n) is 3.51. The van der Waals surface area contributed by atoms with Gasteiger partial charge in [0, 0.05) is 30.3 Å². The Morgan fingerprint density at radius 1 is 1.10 bits per heavy atom. The molecule has 2 aromatic rings. The number of likely N-dealkylation sites (N-methyl/N-ethyl adjacent to an activating group) is 1. The van der Waals surface area contributed by atoms with Crippen molar-refractivity contribution in [3.8, 4) is 0 Å². The summed E-state index contributed by atoms with van der Waals surface area (Å²) in [7, 11) is 1.73. The molecule has 1 amide bonds. The molecule has 5 heteroatoms. The number of rotatable bonds is 2. The maximum atomic E-state index is 12.3. The molecule has 0 unspecified atom stereocenters. The molecule has 0 radical (unpaired) electrons. The fraction of sp³-hybridized carbons (Fsp3) is 0.0625. The molecule has 0 atom stereocenters. The molecule has 0 N–H and O–H groups in total. The molecule has 1 aliphatic heterocycles. The van der Waals surface area contributed by atoms with Crippen LogP contribution in [-0.2, 0) is 4.79 Å². The van der Waals surface area contributed by atoms with Crippen LogP contribution in [0.3, 0.4) is 0 Å². The van der Waals surface area contributed by atoms with Gasteiger partial charge in [-0.3, -0.25) is 14.9 Å². The van der Waals surface area contributed by atoms with Gasteiger partial charge in [0.05, 0.1) is 10.6 Å². The second-order valence-corrected chi connectivity index (χ2v) is 4.79. The molecule has 104 valence electrons. The molecule has 0 bridgehead atoms. The molecule has 0 aromatic heterocycles. The van der Waals surface area contributed by atoms with Crippen molar-refractivity contribution in [1.29, 1.82) is 0 Å². The number of fused-ring (bicyclic) bond motifs is 1. The molecule has 5 nitrogen and oxygen atoms in total. The van der Waals surface area contributed by atoms with Gasteiger partial charge in [-0.2, -0.15) is 0 Å². The first-order valence-corrected chi connectivity index (χ1v) is 6.41. The van der Waals surface area contributed by atoms with Crippen LogP contribution < -0.4 is 4.90 Å². The maximum absolute atomic E-state index is 12.3. The Labute approximate surface area is 121 Å². The number of hydrogen-bond acceptors (Lipinski definition) is 3. The lowest BCUT2D eigenvalue weighted by molar-refractivity contribution is -0.384. The van der Waals surface area contributed by atoms with Crippen LogP contribution in [0.25, 0.3) is 11.6 Å². The second kappa shape index (κ2) is 4.86. The number of hydrogen-bond donors (Lipinski definition) is 0. The number of carbonyl (C=O) groups is 1. The van der Waals surface area contributed by atoms with Crippen LogP contribution in [-0.4, -0.2) is 17.9 Å². The maximum Gasteiger partial charge on any atom is 0.269 e. The molecule has 3 rings (SSSR count). The van der Waals surface area contributed by atoms with E-state index in [1.807, 2.05) is 24.3 Å². The van der Waals surface area contributed by atoms with Gasteiger partial charge in [0.25, 0.3) is 11.6 Å². The van der Waals surface area contributed by atoms with Gasteiger partial charge >= 0.3 is 0 Å². The van der Waals surface area contributed by atoms with Crippen molar-refractivity contribution in [2.75, 3.05) is 11.9 Å². The summed E-state index contributed by atoms with van der Waals surface area (Å²) in [6.07, 6.45) is 1.76. The van der Waals surface area contributed by atoms with Gasteiger partial charge in [0.2, 0.25) is 0 Å². The predicted molar refractivity (Wildman–Crippen MR) is 80.8 cm³/mol. The van der Waals surface area contributed by atoms with Crippen LogP contribution in [0.1, 0.15) is 11.1 Å². The summed E-state index contributed by atoms with van der Waals surface area (Å²) in [6, 6.07) is 13.7. The number of nitro groups is 1. The predicted octanol–water partition coefficient (Wildman–Crippen LogP) is 3.11. The van der Waals surface area contributed by atoms with E-state index in [1.54, 1.807) is 30.2 Å². The molecule has 1 heterocycles. The van der Waals surface area contributed by atoms with E-state index in [9.17, 15) is 14.9 Å². The summed E-state index contributed by atoms with van der Waals surface area (Å²) >= 11 is 0. The van der Waals surface area contributed by atoms with E-state index in [0.717, 1.165) is 16.8 Å². The summed E-state index contributed by atoms with van der Waals surface area (Å²) < 4.78 is 0. The smallest absolute Gasteiger partial charge is 0.269 e. The first-order chi connectivity index (χ1) is 10.1. The summed E-state index contributed by atoms with van der Waals surface area (Å²) in [5.74, 6) is -0.0745. The normalized spacial score (nSPS) is 15.4. The van der Waals surface area contributed by atoms with Gasteiger partial charge in [-0.15, -0.1) is 0 Å². The average Bonchev–Trinajstić information content (AvgIpc) is 2.73. The molecule has 0 saturated heterocycles. The van der Waals surface area contributed by atoms with Crippen molar-refractivity contribution in [2.45, 2.75) is 0 Å². The number of carbonyl (C=O) groups excluding carboxylic acids is 1. The Kier molecular flexibility index (Phi) is 3.02. The third-order valence-corrected chi connectivity index (χ3v) is 3.51. The summed E-state index contributed by atoms with van der Waals surface area (Å²) in [5.41, 5.74) is 3.14. The fourth-order valence-electron chi connectivity index (χ4n) is 2.40. The van der Waals surface area contributed by atoms with Crippen molar-refractivity contribution in [1.82, 2.24) is 0 Å². The van der Waals surface area contributed by atoms with E-state index >= 15 is 0 Å². The first kappa shape index (κ1) is 13.1. The standard InChI is InChI=1S/C16H12N2O3/c1-17-15-5-3-2-4-13(15)14(16(17)19)10-11-6-8-12(9-7-11)18(20)21/h2-10H,1H3/b14-10-. The highest BCUT2D eigenvalue weighted by atomic mass is 16.6. The zero-order valence-corrected chi connectivity index (χ0v) is 11.3. The Balaban J connectivity index is 2.03. The number of benzene rings is 2. The Hall–Kier alpha value is -2.95. The van der Waals surface area contributed by atoms with Gasteiger partial charge in [-0.1, -0.05) is 18.2 Å². The second-order valence-electron chi connectivity index (χ2n) is 4.79. The van der Waals surface area contributed by atoms with Gasteiger partial charge in [0.15, 0.2) is 0 Å². The molecule has 0 aliphatic carbocycles. The molecular weight excluding hydrogens is 268 g/mol. The Morgan fingerprint density at radius 2 is 1.76 bits per heavy atom. The molecule has 0 fully saturated rings. The minimum Gasteiger partial charge on any atom is -0.311 e. The molecule has 0 saturated carbocycles. The van der Waals surface area contributed by atoms with E-state index in [0.29, 0.717) is 5.57 Å². The SMILES string of the molecule is CN1C(=O)/C(=C\c2ccc([N+](=O)[O-])cc2)c2ccccc21. The van der Waals surface area contributed by atoms with Gasteiger partial charge in [-0.05, 0) is 29.8 Å².